The second-order valence-corrected chi connectivity index (χ2v) is 8.03. The van der Waals surface area contributed by atoms with E-state index in [0.717, 1.165) is 17.5 Å². The van der Waals surface area contributed by atoms with Crippen molar-refractivity contribution < 1.29 is 19.1 Å². The molecular formula is C26H36N4O4. The van der Waals surface area contributed by atoms with Gasteiger partial charge >= 0.3 is 0 Å². The number of hydrogen-bond acceptors (Lipinski definition) is 6. The van der Waals surface area contributed by atoms with Gasteiger partial charge in [0.25, 0.3) is 0 Å². The molecule has 3 rings (SSSR count). The maximum absolute atomic E-state index is 13.0. The van der Waals surface area contributed by atoms with Crippen LogP contribution in [0, 0.1) is 0 Å². The summed E-state index contributed by atoms with van der Waals surface area (Å²) in [7, 11) is 1.56. The van der Waals surface area contributed by atoms with Crippen LogP contribution in [0.5, 0.6) is 5.75 Å². The minimum absolute atomic E-state index is 0.0668. The zero-order valence-corrected chi connectivity index (χ0v) is 20.5. The van der Waals surface area contributed by atoms with Crippen LogP contribution in [0.3, 0.4) is 0 Å². The number of ether oxygens (including phenoxy) is 1. The molecule has 0 saturated carbocycles. The Morgan fingerprint density at radius 2 is 1.85 bits per heavy atom. The summed E-state index contributed by atoms with van der Waals surface area (Å²) in [6.07, 6.45) is 5.03. The minimum atomic E-state index is -0.654. The molecule has 1 fully saturated rings. The number of Topliss-reactive ketones (excluding diaryl/α,β-unsaturated/α-hetero) is 1. The third-order valence-corrected chi connectivity index (χ3v) is 5.81. The van der Waals surface area contributed by atoms with E-state index in [4.69, 9.17) is 10.5 Å². The second kappa shape index (κ2) is 13.4. The summed E-state index contributed by atoms with van der Waals surface area (Å²) in [5.41, 5.74) is 7.94. The average Bonchev–Trinajstić information content (AvgIpc) is 3.36. The number of nitrogens with two attached hydrogens (primary N) is 1. The van der Waals surface area contributed by atoms with Gasteiger partial charge in [0.2, 0.25) is 11.8 Å². The number of aromatic nitrogens is 1. The van der Waals surface area contributed by atoms with Crippen molar-refractivity contribution >= 4 is 17.6 Å². The number of methoxy groups -OCH3 is 1. The van der Waals surface area contributed by atoms with Crippen LogP contribution in [-0.4, -0.2) is 53.2 Å². The Bertz CT molecular complexity index is 951. The number of ketones is 1. The number of rotatable bonds is 9. The van der Waals surface area contributed by atoms with Crippen molar-refractivity contribution in [3.05, 3.63) is 59.9 Å². The zero-order chi connectivity index (χ0) is 25.1. The van der Waals surface area contributed by atoms with E-state index in [9.17, 15) is 14.4 Å². The highest BCUT2D eigenvalue weighted by molar-refractivity contribution is 5.92. The fraction of sp³-hybridized carbons (Fsp3) is 0.462. The van der Waals surface area contributed by atoms with Crippen LogP contribution in [0.1, 0.15) is 57.2 Å². The lowest BCUT2D eigenvalue weighted by atomic mass is 10.0. The van der Waals surface area contributed by atoms with Gasteiger partial charge < -0.3 is 20.7 Å². The molecule has 1 saturated heterocycles. The first-order valence-corrected chi connectivity index (χ1v) is 11.8. The second-order valence-electron chi connectivity index (χ2n) is 8.03. The molecular weight excluding hydrogens is 432 g/mol. The summed E-state index contributed by atoms with van der Waals surface area (Å²) < 4.78 is 5.34. The lowest BCUT2D eigenvalue weighted by Crippen LogP contribution is -2.51. The van der Waals surface area contributed by atoms with Gasteiger partial charge in [-0.2, -0.15) is 0 Å². The third kappa shape index (κ3) is 7.12. The van der Waals surface area contributed by atoms with E-state index >= 15 is 0 Å². The first-order chi connectivity index (χ1) is 16.4. The molecule has 184 valence electrons. The monoisotopic (exact) mass is 468 g/mol. The Kier molecular flexibility index (Phi) is 10.7. The Balaban J connectivity index is 0.00000199. The van der Waals surface area contributed by atoms with E-state index in [-0.39, 0.29) is 24.0 Å². The predicted molar refractivity (Wildman–Crippen MR) is 131 cm³/mol. The molecule has 1 aromatic carbocycles. The van der Waals surface area contributed by atoms with E-state index < -0.39 is 18.1 Å². The lowest BCUT2D eigenvalue weighted by molar-refractivity contribution is -0.139. The van der Waals surface area contributed by atoms with Gasteiger partial charge in [-0.05, 0) is 49.9 Å². The van der Waals surface area contributed by atoms with Crippen LogP contribution in [0.25, 0.3) is 0 Å². The molecule has 3 N–H and O–H groups in total. The lowest BCUT2D eigenvalue weighted by Gasteiger charge is -2.27. The van der Waals surface area contributed by atoms with E-state index in [1.807, 2.05) is 44.2 Å². The van der Waals surface area contributed by atoms with Gasteiger partial charge in [0.15, 0.2) is 5.78 Å². The highest BCUT2D eigenvalue weighted by atomic mass is 16.5. The Morgan fingerprint density at radius 3 is 2.50 bits per heavy atom. The molecule has 0 spiro atoms. The van der Waals surface area contributed by atoms with Crippen LogP contribution in [0.15, 0.2) is 48.8 Å². The fourth-order valence-corrected chi connectivity index (χ4v) is 4.04. The van der Waals surface area contributed by atoms with E-state index in [0.29, 0.717) is 25.1 Å². The van der Waals surface area contributed by atoms with E-state index in [2.05, 4.69) is 10.3 Å². The van der Waals surface area contributed by atoms with Crippen LogP contribution in [0.2, 0.25) is 0 Å². The van der Waals surface area contributed by atoms with Crippen LogP contribution < -0.4 is 15.8 Å². The largest absolute Gasteiger partial charge is 0.496 e. The maximum atomic E-state index is 13.0. The number of likely N-dealkylation sites (tertiary alicyclic amines) is 1. The Morgan fingerprint density at radius 1 is 1.18 bits per heavy atom. The molecule has 2 aromatic rings. The van der Waals surface area contributed by atoms with Crippen molar-refractivity contribution in [1.82, 2.24) is 15.2 Å². The number of nitrogens with zero attached hydrogens (tertiary/aromatic N) is 2. The zero-order valence-electron chi connectivity index (χ0n) is 20.5. The predicted octanol–water partition coefficient (Wildman–Crippen LogP) is 2.81. The smallest absolute Gasteiger partial charge is 0.243 e. The molecule has 0 radical (unpaired) electrons. The summed E-state index contributed by atoms with van der Waals surface area (Å²) in [5, 5.41) is 2.84. The molecule has 1 aromatic heterocycles. The highest BCUT2D eigenvalue weighted by Crippen LogP contribution is 2.27. The number of hydrogen-bond donors (Lipinski definition) is 2. The van der Waals surface area contributed by atoms with Crippen molar-refractivity contribution in [2.45, 2.75) is 64.6 Å². The Labute approximate surface area is 201 Å². The number of amides is 2. The molecule has 2 amide bonds. The number of para-hydroxylation sites is 1. The third-order valence-electron chi connectivity index (χ3n) is 5.81. The molecule has 1 aliphatic rings. The minimum Gasteiger partial charge on any atom is -0.496 e. The van der Waals surface area contributed by atoms with E-state index in [1.165, 1.54) is 6.92 Å². The standard InChI is InChI=1S/C24H30N4O4.C2H6/c1-16(29)20(14-17-9-11-26-12-10-17)27-24(31)21-7-5-13-28(21)23(30)15-19(25)18-6-3-4-8-22(18)32-2;1-2/h3-4,6,8-12,19-21H,5,7,13-15,25H2,1-2H3,(H,27,31);1-2H3/t19-,20-,21-;/m0./s1. The number of nitrogens with one attached hydrogen (secondary N) is 1. The van der Waals surface area contributed by atoms with E-state index in [1.54, 1.807) is 30.5 Å². The van der Waals surface area contributed by atoms with Crippen molar-refractivity contribution in [3.63, 3.8) is 0 Å². The van der Waals surface area contributed by atoms with Gasteiger partial charge in [-0.15, -0.1) is 0 Å². The molecule has 8 heteroatoms. The summed E-state index contributed by atoms with van der Waals surface area (Å²) in [5.74, 6) is -0.00121. The van der Waals surface area contributed by atoms with Gasteiger partial charge in [-0.1, -0.05) is 32.0 Å². The first kappa shape index (κ1) is 27.0. The van der Waals surface area contributed by atoms with Gasteiger partial charge in [-0.25, -0.2) is 0 Å². The van der Waals surface area contributed by atoms with Gasteiger partial charge in [0.1, 0.15) is 11.8 Å². The fourth-order valence-electron chi connectivity index (χ4n) is 4.04. The van der Waals surface area contributed by atoms with Crippen molar-refractivity contribution in [2.75, 3.05) is 13.7 Å². The normalized spacial score (nSPS) is 16.6. The summed E-state index contributed by atoms with van der Waals surface area (Å²) in [4.78, 5) is 43.7. The highest BCUT2D eigenvalue weighted by Gasteiger charge is 2.36. The molecule has 0 aliphatic carbocycles. The van der Waals surface area contributed by atoms with Crippen molar-refractivity contribution in [2.24, 2.45) is 5.73 Å². The summed E-state index contributed by atoms with van der Waals surface area (Å²) >= 11 is 0. The van der Waals surface area contributed by atoms with Crippen molar-refractivity contribution in [1.29, 1.82) is 0 Å². The molecule has 0 bridgehead atoms. The summed E-state index contributed by atoms with van der Waals surface area (Å²) in [6.45, 7) is 5.95. The summed E-state index contributed by atoms with van der Waals surface area (Å²) in [6, 6.07) is 9.15. The number of carbonyl (C=O) groups excluding carboxylic acids is 3. The van der Waals surface area contributed by atoms with Crippen LogP contribution in [-0.2, 0) is 20.8 Å². The number of pyridine rings is 1. The Hall–Kier alpha value is -3.26. The quantitative estimate of drug-likeness (QED) is 0.585. The van der Waals surface area contributed by atoms with Crippen LogP contribution in [0.4, 0.5) is 0 Å². The average molecular weight is 469 g/mol. The number of benzene rings is 1. The molecule has 3 atom stereocenters. The van der Waals surface area contributed by atoms with Gasteiger partial charge in [-0.3, -0.25) is 19.4 Å². The number of carbonyl (C=O) groups is 3. The SMILES string of the molecule is CC.COc1ccccc1[C@@H](N)CC(=O)N1CCC[C@H]1C(=O)N[C@@H](Cc1ccncc1)C(C)=O. The molecule has 2 heterocycles. The molecule has 0 unspecified atom stereocenters. The maximum Gasteiger partial charge on any atom is 0.243 e. The molecule has 8 nitrogen and oxygen atoms in total. The molecule has 1 aliphatic heterocycles. The van der Waals surface area contributed by atoms with Crippen LogP contribution >= 0.6 is 0 Å². The van der Waals surface area contributed by atoms with Crippen molar-refractivity contribution in [3.8, 4) is 5.75 Å². The van der Waals surface area contributed by atoms with Gasteiger partial charge in [0.05, 0.1) is 13.2 Å². The first-order valence-electron chi connectivity index (χ1n) is 11.8. The van der Waals surface area contributed by atoms with Gasteiger partial charge in [0, 0.05) is 37.0 Å². The topological polar surface area (TPSA) is 115 Å². The molecule has 34 heavy (non-hydrogen) atoms.